The van der Waals surface area contributed by atoms with Crippen molar-refractivity contribution in [2.24, 2.45) is 0 Å². The van der Waals surface area contributed by atoms with Crippen molar-refractivity contribution in [3.8, 4) is 22.9 Å². The molecule has 1 saturated heterocycles. The molecule has 1 atom stereocenters. The maximum atomic E-state index is 13.1. The van der Waals surface area contributed by atoms with Gasteiger partial charge in [0, 0.05) is 24.7 Å². The van der Waals surface area contributed by atoms with Gasteiger partial charge >= 0.3 is 0 Å². The fourth-order valence-electron chi connectivity index (χ4n) is 3.63. The highest BCUT2D eigenvalue weighted by atomic mass is 19.1. The van der Waals surface area contributed by atoms with Crippen molar-refractivity contribution in [2.75, 3.05) is 27.3 Å². The van der Waals surface area contributed by atoms with Gasteiger partial charge in [0.25, 0.3) is 5.91 Å². The first-order valence-corrected chi connectivity index (χ1v) is 9.70. The van der Waals surface area contributed by atoms with E-state index in [9.17, 15) is 9.18 Å². The Balaban J connectivity index is 1.51. The predicted octanol–water partition coefficient (Wildman–Crippen LogP) is 3.91. The Morgan fingerprint density at radius 1 is 1.17 bits per heavy atom. The molecule has 1 amide bonds. The van der Waals surface area contributed by atoms with E-state index in [4.69, 9.17) is 14.0 Å². The second kappa shape index (κ2) is 8.52. The molecule has 0 aliphatic carbocycles. The van der Waals surface area contributed by atoms with E-state index in [1.54, 1.807) is 42.3 Å². The third-order valence-electron chi connectivity index (χ3n) is 5.24. The van der Waals surface area contributed by atoms with Gasteiger partial charge in [0.05, 0.1) is 25.7 Å². The number of rotatable bonds is 5. The van der Waals surface area contributed by atoms with Crippen LogP contribution < -0.4 is 9.47 Å². The van der Waals surface area contributed by atoms with Crippen molar-refractivity contribution in [1.29, 1.82) is 0 Å². The number of piperidine rings is 1. The first-order valence-electron chi connectivity index (χ1n) is 9.70. The minimum atomic E-state index is -0.321. The van der Waals surface area contributed by atoms with E-state index in [0.717, 1.165) is 12.8 Å². The van der Waals surface area contributed by atoms with Crippen molar-refractivity contribution in [1.82, 2.24) is 15.0 Å². The van der Waals surface area contributed by atoms with Crippen LogP contribution in [0.1, 0.15) is 35.0 Å². The number of hydrogen-bond acceptors (Lipinski definition) is 6. The summed E-state index contributed by atoms with van der Waals surface area (Å²) in [6.45, 7) is 1.11. The van der Waals surface area contributed by atoms with E-state index in [-0.39, 0.29) is 17.6 Å². The summed E-state index contributed by atoms with van der Waals surface area (Å²) in [7, 11) is 3.09. The molecule has 1 aliphatic rings. The molecule has 30 heavy (non-hydrogen) atoms. The zero-order valence-electron chi connectivity index (χ0n) is 16.8. The monoisotopic (exact) mass is 411 g/mol. The van der Waals surface area contributed by atoms with Gasteiger partial charge < -0.3 is 18.9 Å². The van der Waals surface area contributed by atoms with Crippen LogP contribution in [0.2, 0.25) is 0 Å². The van der Waals surface area contributed by atoms with E-state index >= 15 is 0 Å². The van der Waals surface area contributed by atoms with Crippen molar-refractivity contribution >= 4 is 5.91 Å². The summed E-state index contributed by atoms with van der Waals surface area (Å²) >= 11 is 0. The van der Waals surface area contributed by atoms with Crippen LogP contribution in [0.15, 0.2) is 47.0 Å². The maximum Gasteiger partial charge on any atom is 0.257 e. The van der Waals surface area contributed by atoms with Crippen LogP contribution in [-0.4, -0.2) is 48.3 Å². The Morgan fingerprint density at radius 2 is 1.97 bits per heavy atom. The predicted molar refractivity (Wildman–Crippen MR) is 107 cm³/mol. The van der Waals surface area contributed by atoms with E-state index in [2.05, 4.69) is 10.1 Å². The molecule has 1 aromatic heterocycles. The topological polar surface area (TPSA) is 77.7 Å². The summed E-state index contributed by atoms with van der Waals surface area (Å²) in [5.41, 5.74) is 1.16. The summed E-state index contributed by atoms with van der Waals surface area (Å²) in [4.78, 5) is 19.4. The molecule has 1 aliphatic heterocycles. The lowest BCUT2D eigenvalue weighted by molar-refractivity contribution is 0.0692. The molecule has 2 aromatic carbocycles. The molecule has 3 aromatic rings. The quantitative estimate of drug-likeness (QED) is 0.633. The average Bonchev–Trinajstić information content (AvgIpc) is 3.29. The third-order valence-corrected chi connectivity index (χ3v) is 5.24. The highest BCUT2D eigenvalue weighted by Gasteiger charge is 2.30. The Bertz CT molecular complexity index is 1040. The minimum Gasteiger partial charge on any atom is -0.497 e. The van der Waals surface area contributed by atoms with Gasteiger partial charge in [-0.3, -0.25) is 4.79 Å². The zero-order chi connectivity index (χ0) is 21.1. The summed E-state index contributed by atoms with van der Waals surface area (Å²) in [6.07, 6.45) is 1.66. The second-order valence-corrected chi connectivity index (χ2v) is 7.12. The molecule has 0 unspecified atom stereocenters. The van der Waals surface area contributed by atoms with E-state index in [1.807, 2.05) is 0 Å². The Kier molecular flexibility index (Phi) is 5.65. The van der Waals surface area contributed by atoms with Gasteiger partial charge in [0.1, 0.15) is 17.3 Å². The van der Waals surface area contributed by atoms with Gasteiger partial charge in [0.15, 0.2) is 0 Å². The van der Waals surface area contributed by atoms with Crippen LogP contribution in [0.4, 0.5) is 4.39 Å². The van der Waals surface area contributed by atoms with Gasteiger partial charge in [0.2, 0.25) is 11.7 Å². The van der Waals surface area contributed by atoms with Gasteiger partial charge in [-0.2, -0.15) is 4.98 Å². The molecule has 0 radical (unpaired) electrons. The van der Waals surface area contributed by atoms with Crippen molar-refractivity contribution in [3.63, 3.8) is 0 Å². The number of aromatic nitrogens is 2. The van der Waals surface area contributed by atoms with E-state index < -0.39 is 0 Å². The molecule has 0 N–H and O–H groups in total. The lowest BCUT2D eigenvalue weighted by atomic mass is 9.97. The molecular formula is C22H22FN3O4. The van der Waals surface area contributed by atoms with Gasteiger partial charge in [-0.25, -0.2) is 4.39 Å². The van der Waals surface area contributed by atoms with E-state index in [1.165, 1.54) is 19.2 Å². The van der Waals surface area contributed by atoms with E-state index in [0.29, 0.717) is 47.4 Å². The highest BCUT2D eigenvalue weighted by Crippen LogP contribution is 2.31. The summed E-state index contributed by atoms with van der Waals surface area (Å²) in [6, 6.07) is 11.1. The average molecular weight is 411 g/mol. The number of hydrogen-bond donors (Lipinski definition) is 0. The molecule has 8 heteroatoms. The standard InChI is InChI=1S/C22H22FN3O4/c1-28-17-9-10-18(19(12-17)29-2)22(27)26-11-3-4-15(13-26)21-24-20(25-30-21)14-5-7-16(23)8-6-14/h5-10,12,15H,3-4,11,13H2,1-2H3/t15-/m0/s1. The molecule has 156 valence electrons. The third kappa shape index (κ3) is 3.98. The molecular weight excluding hydrogens is 389 g/mol. The SMILES string of the molecule is COc1ccc(C(=O)N2CCC[C@H](c3nc(-c4ccc(F)cc4)no3)C2)c(OC)c1. The van der Waals surface area contributed by atoms with Gasteiger partial charge in [-0.1, -0.05) is 5.16 Å². The summed E-state index contributed by atoms with van der Waals surface area (Å²) in [5.74, 6) is 1.49. The first-order chi connectivity index (χ1) is 14.6. The number of likely N-dealkylation sites (tertiary alicyclic amines) is 1. The number of halogens is 1. The number of benzene rings is 2. The lowest BCUT2D eigenvalue weighted by Gasteiger charge is -2.31. The number of methoxy groups -OCH3 is 2. The lowest BCUT2D eigenvalue weighted by Crippen LogP contribution is -2.39. The second-order valence-electron chi connectivity index (χ2n) is 7.12. The normalized spacial score (nSPS) is 16.4. The van der Waals surface area contributed by atoms with Crippen LogP contribution >= 0.6 is 0 Å². The van der Waals surface area contributed by atoms with Crippen LogP contribution in [0, 0.1) is 5.82 Å². The highest BCUT2D eigenvalue weighted by molar-refractivity contribution is 5.97. The Hall–Kier alpha value is -3.42. The molecule has 0 bridgehead atoms. The first kappa shape index (κ1) is 19.9. The molecule has 2 heterocycles. The van der Waals surface area contributed by atoms with Gasteiger partial charge in [-0.15, -0.1) is 0 Å². The van der Waals surface area contributed by atoms with Crippen molar-refractivity contribution < 1.29 is 23.2 Å². The molecule has 0 spiro atoms. The Labute approximate surface area is 173 Å². The van der Waals surface area contributed by atoms with Crippen molar-refractivity contribution in [2.45, 2.75) is 18.8 Å². The Morgan fingerprint density at radius 3 is 2.70 bits per heavy atom. The number of amides is 1. The zero-order valence-corrected chi connectivity index (χ0v) is 16.8. The van der Waals surface area contributed by atoms with Crippen LogP contribution in [0.3, 0.4) is 0 Å². The van der Waals surface area contributed by atoms with Crippen molar-refractivity contribution in [3.05, 3.63) is 59.7 Å². The fourth-order valence-corrected chi connectivity index (χ4v) is 3.63. The maximum absolute atomic E-state index is 13.1. The largest absolute Gasteiger partial charge is 0.497 e. The van der Waals surface area contributed by atoms with Crippen LogP contribution in [0.5, 0.6) is 11.5 Å². The summed E-state index contributed by atoms with van der Waals surface area (Å²) in [5, 5.41) is 4.02. The smallest absolute Gasteiger partial charge is 0.257 e. The van der Waals surface area contributed by atoms with Crippen LogP contribution in [0.25, 0.3) is 11.4 Å². The molecule has 7 nitrogen and oxygen atoms in total. The number of carbonyl (C=O) groups is 1. The van der Waals surface area contributed by atoms with Crippen LogP contribution in [-0.2, 0) is 0 Å². The number of carbonyl (C=O) groups excluding carboxylic acids is 1. The number of ether oxygens (including phenoxy) is 2. The number of nitrogens with zero attached hydrogens (tertiary/aromatic N) is 3. The molecule has 4 rings (SSSR count). The summed E-state index contributed by atoms with van der Waals surface area (Å²) < 4.78 is 29.2. The molecule has 1 fully saturated rings. The fraction of sp³-hybridized carbons (Fsp3) is 0.318. The minimum absolute atomic E-state index is 0.0614. The molecule has 0 saturated carbocycles. The van der Waals surface area contributed by atoms with Gasteiger partial charge in [-0.05, 0) is 49.2 Å².